The van der Waals surface area contributed by atoms with Crippen LogP contribution in [0.2, 0.25) is 0 Å². The van der Waals surface area contributed by atoms with Gasteiger partial charge in [-0.15, -0.1) is 0 Å². The molecule has 0 saturated heterocycles. The second-order valence-electron chi connectivity index (χ2n) is 4.11. The lowest BCUT2D eigenvalue weighted by Gasteiger charge is -2.09. The first kappa shape index (κ1) is 14.4. The number of ether oxygens (including phenoxy) is 2. The Kier molecular flexibility index (Phi) is 5.03. The van der Waals surface area contributed by atoms with Crippen LogP contribution in [0.1, 0.15) is 11.1 Å². The second-order valence-corrected chi connectivity index (χ2v) is 4.55. The molecule has 0 aliphatic rings. The molecule has 104 valence electrons. The zero-order valence-corrected chi connectivity index (χ0v) is 11.5. The fourth-order valence-electron chi connectivity index (χ4n) is 1.61. The minimum Gasteiger partial charge on any atom is -0.464 e. The van der Waals surface area contributed by atoms with Crippen molar-refractivity contribution in [2.45, 2.75) is 6.61 Å². The van der Waals surface area contributed by atoms with E-state index in [4.69, 9.17) is 27.4 Å². The van der Waals surface area contributed by atoms with Crippen molar-refractivity contribution in [2.24, 2.45) is 5.73 Å². The lowest BCUT2D eigenvalue weighted by Crippen LogP contribution is -2.10. The van der Waals surface area contributed by atoms with Crippen LogP contribution in [-0.4, -0.2) is 11.8 Å². The van der Waals surface area contributed by atoms with Gasteiger partial charge < -0.3 is 15.2 Å². The Balaban J connectivity index is 1.84. The quantitative estimate of drug-likeness (QED) is 0.505. The Morgan fingerprint density at radius 1 is 1.15 bits per heavy atom. The van der Waals surface area contributed by atoms with Crippen molar-refractivity contribution in [1.29, 1.82) is 0 Å². The molecule has 2 aromatic carbocycles. The van der Waals surface area contributed by atoms with Gasteiger partial charge in [-0.1, -0.05) is 42.5 Å². The molecule has 0 heterocycles. The topological polar surface area (TPSA) is 44.5 Å². The van der Waals surface area contributed by atoms with E-state index < -0.39 is 5.82 Å². The summed E-state index contributed by atoms with van der Waals surface area (Å²) in [5.41, 5.74) is 6.91. The predicted octanol–water partition coefficient (Wildman–Crippen LogP) is 3.01. The van der Waals surface area contributed by atoms with E-state index in [0.717, 1.165) is 5.56 Å². The molecule has 0 atom stereocenters. The molecule has 0 fully saturated rings. The summed E-state index contributed by atoms with van der Waals surface area (Å²) in [4.78, 5) is 0.149. The molecule has 0 radical (unpaired) electrons. The number of hydrogen-bond acceptors (Lipinski definition) is 3. The summed E-state index contributed by atoms with van der Waals surface area (Å²) in [5, 5.41) is 0. The van der Waals surface area contributed by atoms with Gasteiger partial charge in [-0.05, 0) is 23.8 Å². The number of halogens is 1. The zero-order chi connectivity index (χ0) is 14.4. The highest BCUT2D eigenvalue weighted by molar-refractivity contribution is 7.80. The average Bonchev–Trinajstić information content (AvgIpc) is 2.46. The molecule has 0 aliphatic heterocycles. The third kappa shape index (κ3) is 4.01. The molecule has 0 spiro atoms. The van der Waals surface area contributed by atoms with Crippen LogP contribution in [0.25, 0.3) is 0 Å². The normalized spacial score (nSPS) is 10.2. The van der Waals surface area contributed by atoms with E-state index in [1.165, 1.54) is 12.1 Å². The van der Waals surface area contributed by atoms with E-state index in [2.05, 4.69) is 0 Å². The van der Waals surface area contributed by atoms with Gasteiger partial charge in [-0.2, -0.15) is 0 Å². The van der Waals surface area contributed by atoms with Crippen LogP contribution in [0.4, 0.5) is 4.39 Å². The van der Waals surface area contributed by atoms with Crippen LogP contribution >= 0.6 is 12.2 Å². The average molecular weight is 291 g/mol. The molecule has 0 aromatic heterocycles. The highest BCUT2D eigenvalue weighted by atomic mass is 32.1. The summed E-state index contributed by atoms with van der Waals surface area (Å²) < 4.78 is 24.2. The van der Waals surface area contributed by atoms with Crippen molar-refractivity contribution in [3.63, 3.8) is 0 Å². The monoisotopic (exact) mass is 291 g/mol. The standard InChI is InChI=1S/C15H14FNO2S/c16-13-8-12(15(17)20)6-7-14(13)19-10-18-9-11-4-2-1-3-5-11/h1-8H,9-10H2,(H2,17,20). The smallest absolute Gasteiger partial charge is 0.189 e. The van der Waals surface area contributed by atoms with Gasteiger partial charge in [-0.25, -0.2) is 4.39 Å². The fourth-order valence-corrected chi connectivity index (χ4v) is 1.74. The van der Waals surface area contributed by atoms with Gasteiger partial charge in [0.25, 0.3) is 0 Å². The largest absolute Gasteiger partial charge is 0.464 e. The number of thiocarbonyl (C=S) groups is 1. The van der Waals surface area contributed by atoms with Crippen molar-refractivity contribution in [3.8, 4) is 5.75 Å². The van der Waals surface area contributed by atoms with Gasteiger partial charge in [0, 0.05) is 5.56 Å². The van der Waals surface area contributed by atoms with Gasteiger partial charge in [0.05, 0.1) is 6.61 Å². The Labute approximate surface area is 122 Å². The molecular weight excluding hydrogens is 277 g/mol. The predicted molar refractivity (Wildman–Crippen MR) is 79.0 cm³/mol. The number of benzene rings is 2. The Hall–Kier alpha value is -1.98. The van der Waals surface area contributed by atoms with Crippen molar-refractivity contribution < 1.29 is 13.9 Å². The fraction of sp³-hybridized carbons (Fsp3) is 0.133. The summed E-state index contributed by atoms with van der Waals surface area (Å²) in [5.74, 6) is -0.406. The first-order valence-corrected chi connectivity index (χ1v) is 6.41. The van der Waals surface area contributed by atoms with Crippen LogP contribution in [0.15, 0.2) is 48.5 Å². The molecular formula is C15H14FNO2S. The van der Waals surface area contributed by atoms with E-state index in [0.29, 0.717) is 12.2 Å². The van der Waals surface area contributed by atoms with Gasteiger partial charge in [0.2, 0.25) is 0 Å². The van der Waals surface area contributed by atoms with E-state index in [1.807, 2.05) is 30.3 Å². The van der Waals surface area contributed by atoms with E-state index in [-0.39, 0.29) is 17.5 Å². The summed E-state index contributed by atoms with van der Waals surface area (Å²) in [6.07, 6.45) is 0. The molecule has 2 rings (SSSR count). The maximum atomic E-state index is 13.7. The third-order valence-electron chi connectivity index (χ3n) is 2.63. The van der Waals surface area contributed by atoms with E-state index in [9.17, 15) is 4.39 Å². The second kappa shape index (κ2) is 6.98. The van der Waals surface area contributed by atoms with Crippen LogP contribution in [0.5, 0.6) is 5.75 Å². The Morgan fingerprint density at radius 2 is 1.90 bits per heavy atom. The maximum Gasteiger partial charge on any atom is 0.189 e. The summed E-state index contributed by atoms with van der Waals surface area (Å²) in [7, 11) is 0. The van der Waals surface area contributed by atoms with Gasteiger partial charge >= 0.3 is 0 Å². The first-order chi connectivity index (χ1) is 9.66. The van der Waals surface area contributed by atoms with Gasteiger partial charge in [0.15, 0.2) is 18.4 Å². The molecule has 0 unspecified atom stereocenters. The molecule has 20 heavy (non-hydrogen) atoms. The van der Waals surface area contributed by atoms with E-state index >= 15 is 0 Å². The summed E-state index contributed by atoms with van der Waals surface area (Å²) >= 11 is 4.77. The Morgan fingerprint density at radius 3 is 2.55 bits per heavy atom. The van der Waals surface area contributed by atoms with E-state index in [1.54, 1.807) is 6.07 Å². The third-order valence-corrected chi connectivity index (χ3v) is 2.86. The molecule has 2 N–H and O–H groups in total. The molecule has 5 heteroatoms. The summed E-state index contributed by atoms with van der Waals surface area (Å²) in [6.45, 7) is 0.381. The van der Waals surface area contributed by atoms with Crippen LogP contribution in [0, 0.1) is 5.82 Å². The van der Waals surface area contributed by atoms with Crippen LogP contribution in [-0.2, 0) is 11.3 Å². The van der Waals surface area contributed by atoms with Gasteiger partial charge in [-0.3, -0.25) is 0 Å². The minimum atomic E-state index is -0.515. The van der Waals surface area contributed by atoms with Crippen molar-refractivity contribution >= 4 is 17.2 Å². The summed E-state index contributed by atoms with van der Waals surface area (Å²) in [6, 6.07) is 14.0. The molecule has 2 aromatic rings. The van der Waals surface area contributed by atoms with Crippen molar-refractivity contribution in [2.75, 3.05) is 6.79 Å². The lowest BCUT2D eigenvalue weighted by molar-refractivity contribution is 0.00302. The van der Waals surface area contributed by atoms with Crippen molar-refractivity contribution in [1.82, 2.24) is 0 Å². The zero-order valence-electron chi connectivity index (χ0n) is 10.7. The highest BCUT2D eigenvalue weighted by Crippen LogP contribution is 2.18. The molecule has 0 saturated carbocycles. The molecule has 3 nitrogen and oxygen atoms in total. The molecule has 0 bridgehead atoms. The van der Waals surface area contributed by atoms with Crippen molar-refractivity contribution in [3.05, 3.63) is 65.5 Å². The van der Waals surface area contributed by atoms with Gasteiger partial charge in [0.1, 0.15) is 4.99 Å². The highest BCUT2D eigenvalue weighted by Gasteiger charge is 2.06. The lowest BCUT2D eigenvalue weighted by atomic mass is 10.2. The SMILES string of the molecule is NC(=S)c1ccc(OCOCc2ccccc2)c(F)c1. The number of rotatable bonds is 6. The first-order valence-electron chi connectivity index (χ1n) is 6.00. The maximum absolute atomic E-state index is 13.7. The minimum absolute atomic E-state index is 0.0295. The molecule has 0 aliphatic carbocycles. The number of hydrogen-bond donors (Lipinski definition) is 1. The Bertz CT molecular complexity index is 590. The molecule has 0 amide bonds. The van der Waals surface area contributed by atoms with Crippen LogP contribution < -0.4 is 10.5 Å². The van der Waals surface area contributed by atoms with Crippen LogP contribution in [0.3, 0.4) is 0 Å². The number of nitrogens with two attached hydrogens (primary N) is 1.